The van der Waals surface area contributed by atoms with Gasteiger partial charge in [0.05, 0.1) is 7.11 Å². The molecule has 0 bridgehead atoms. The van der Waals surface area contributed by atoms with Gasteiger partial charge in [-0.25, -0.2) is 0 Å². The van der Waals surface area contributed by atoms with Crippen LogP contribution in [0, 0.1) is 5.92 Å². The van der Waals surface area contributed by atoms with Gasteiger partial charge in [0.15, 0.2) is 0 Å². The minimum atomic E-state index is 0.456. The first kappa shape index (κ1) is 14.6. The van der Waals surface area contributed by atoms with Crippen LogP contribution in [0.25, 0.3) is 0 Å². The maximum absolute atomic E-state index is 5.27. The summed E-state index contributed by atoms with van der Waals surface area (Å²) in [6, 6.07) is 13.8. The van der Waals surface area contributed by atoms with Crippen LogP contribution in [-0.4, -0.2) is 7.11 Å². The third-order valence-electron chi connectivity index (χ3n) is 4.24. The molecule has 2 atom stereocenters. The Bertz CT molecular complexity index is 545. The number of benzene rings is 1. The molecule has 1 aliphatic rings. The molecule has 112 valence electrons. The quantitative estimate of drug-likeness (QED) is 0.781. The van der Waals surface area contributed by atoms with Crippen LogP contribution in [-0.2, 0) is 0 Å². The van der Waals surface area contributed by atoms with E-state index in [4.69, 9.17) is 4.74 Å². The van der Waals surface area contributed by atoms with Crippen molar-refractivity contribution in [3.05, 3.63) is 52.2 Å². The van der Waals surface area contributed by atoms with Crippen molar-refractivity contribution < 1.29 is 4.74 Å². The van der Waals surface area contributed by atoms with E-state index in [2.05, 4.69) is 54.0 Å². The lowest BCUT2D eigenvalue weighted by molar-refractivity contribution is 0.401. The van der Waals surface area contributed by atoms with E-state index in [1.54, 1.807) is 7.11 Å². The second-order valence-corrected chi connectivity index (χ2v) is 6.71. The minimum Gasteiger partial charge on any atom is -0.497 e. The van der Waals surface area contributed by atoms with Crippen LogP contribution < -0.4 is 10.1 Å². The Morgan fingerprint density at radius 2 is 2.00 bits per heavy atom. The summed E-state index contributed by atoms with van der Waals surface area (Å²) in [6.45, 7) is 2.26. The first-order valence-electron chi connectivity index (χ1n) is 7.75. The van der Waals surface area contributed by atoms with Crippen LogP contribution in [0.2, 0.25) is 0 Å². The van der Waals surface area contributed by atoms with Crippen molar-refractivity contribution >= 4 is 11.3 Å². The van der Waals surface area contributed by atoms with Gasteiger partial charge in [0, 0.05) is 17.0 Å². The first-order chi connectivity index (χ1) is 10.3. The third kappa shape index (κ3) is 3.47. The fourth-order valence-electron chi connectivity index (χ4n) is 2.85. The molecule has 3 rings (SSSR count). The summed E-state index contributed by atoms with van der Waals surface area (Å²) in [4.78, 5) is 1.44. The monoisotopic (exact) mass is 301 g/mol. The molecule has 2 aromatic rings. The number of thiophene rings is 1. The van der Waals surface area contributed by atoms with Gasteiger partial charge in [-0.1, -0.05) is 25.1 Å². The van der Waals surface area contributed by atoms with Crippen LogP contribution in [0.5, 0.6) is 5.75 Å². The Balaban J connectivity index is 1.77. The van der Waals surface area contributed by atoms with Gasteiger partial charge in [-0.2, -0.15) is 0 Å². The Hall–Kier alpha value is -1.32. The fraction of sp³-hybridized carbons (Fsp3) is 0.444. The lowest BCUT2D eigenvalue weighted by atomic mass is 10.00. The summed E-state index contributed by atoms with van der Waals surface area (Å²) >= 11 is 1.85. The van der Waals surface area contributed by atoms with Gasteiger partial charge >= 0.3 is 0 Å². The molecule has 21 heavy (non-hydrogen) atoms. The third-order valence-corrected chi connectivity index (χ3v) is 5.23. The van der Waals surface area contributed by atoms with E-state index < -0.39 is 0 Å². The van der Waals surface area contributed by atoms with E-state index in [1.807, 2.05) is 11.3 Å². The zero-order chi connectivity index (χ0) is 14.7. The number of nitrogens with one attached hydrogen (secondary N) is 1. The van der Waals surface area contributed by atoms with E-state index in [9.17, 15) is 0 Å². The standard InChI is InChI=1S/C18H23NOS/c1-3-16(17-5-4-12-21-17)19-18(13-6-7-13)14-8-10-15(20-2)11-9-14/h4-5,8-13,16,18-19H,3,6-7H2,1-2H3. The molecule has 0 radical (unpaired) electrons. The second-order valence-electron chi connectivity index (χ2n) is 5.73. The molecule has 2 nitrogen and oxygen atoms in total. The predicted octanol–water partition coefficient (Wildman–Crippen LogP) is 4.95. The van der Waals surface area contributed by atoms with E-state index in [0.29, 0.717) is 12.1 Å². The molecule has 0 spiro atoms. The average molecular weight is 301 g/mol. The predicted molar refractivity (Wildman–Crippen MR) is 88.9 cm³/mol. The molecule has 1 aromatic heterocycles. The Morgan fingerprint density at radius 1 is 1.24 bits per heavy atom. The normalized spacial score (nSPS) is 17.4. The van der Waals surface area contributed by atoms with Crippen molar-refractivity contribution in [2.24, 2.45) is 5.92 Å². The highest BCUT2D eigenvalue weighted by atomic mass is 32.1. The molecule has 1 aliphatic carbocycles. The molecule has 1 N–H and O–H groups in total. The molecule has 0 aliphatic heterocycles. The summed E-state index contributed by atoms with van der Waals surface area (Å²) in [5, 5.41) is 6.06. The zero-order valence-corrected chi connectivity index (χ0v) is 13.5. The van der Waals surface area contributed by atoms with Crippen LogP contribution in [0.1, 0.15) is 48.7 Å². The van der Waals surface area contributed by atoms with Gasteiger partial charge in [0.25, 0.3) is 0 Å². The first-order valence-corrected chi connectivity index (χ1v) is 8.63. The van der Waals surface area contributed by atoms with Gasteiger partial charge in [0.1, 0.15) is 5.75 Å². The number of ether oxygens (including phenoxy) is 1. The Labute approximate surface area is 131 Å². The highest BCUT2D eigenvalue weighted by molar-refractivity contribution is 7.10. The van der Waals surface area contributed by atoms with Crippen LogP contribution >= 0.6 is 11.3 Å². The van der Waals surface area contributed by atoms with Gasteiger partial charge in [-0.3, -0.25) is 0 Å². The lowest BCUT2D eigenvalue weighted by Crippen LogP contribution is -2.27. The number of hydrogen-bond donors (Lipinski definition) is 1. The topological polar surface area (TPSA) is 21.3 Å². The summed E-state index contributed by atoms with van der Waals surface area (Å²) < 4.78 is 5.27. The van der Waals surface area contributed by atoms with Gasteiger partial charge in [-0.05, 0) is 54.3 Å². The van der Waals surface area contributed by atoms with Crippen LogP contribution in [0.3, 0.4) is 0 Å². The highest BCUT2D eigenvalue weighted by Crippen LogP contribution is 2.43. The zero-order valence-electron chi connectivity index (χ0n) is 12.7. The molecular weight excluding hydrogens is 278 g/mol. The van der Waals surface area contributed by atoms with Gasteiger partial charge in [0.2, 0.25) is 0 Å². The molecule has 1 saturated carbocycles. The average Bonchev–Trinajstić information content (AvgIpc) is 3.23. The lowest BCUT2D eigenvalue weighted by Gasteiger charge is -2.25. The van der Waals surface area contributed by atoms with Crippen molar-refractivity contribution in [1.82, 2.24) is 5.32 Å². The van der Waals surface area contributed by atoms with Crippen LogP contribution in [0.4, 0.5) is 0 Å². The highest BCUT2D eigenvalue weighted by Gasteiger charge is 2.33. The van der Waals surface area contributed by atoms with Crippen LogP contribution in [0.15, 0.2) is 41.8 Å². The number of hydrogen-bond acceptors (Lipinski definition) is 3. The van der Waals surface area contributed by atoms with Crippen molar-refractivity contribution in [3.8, 4) is 5.75 Å². The van der Waals surface area contributed by atoms with Gasteiger partial charge in [-0.15, -0.1) is 11.3 Å². The molecule has 3 heteroatoms. The molecule has 1 fully saturated rings. The SMILES string of the molecule is CCC(NC(c1ccc(OC)cc1)C1CC1)c1cccs1. The summed E-state index contributed by atoms with van der Waals surface area (Å²) in [6.07, 6.45) is 3.80. The van der Waals surface area contributed by atoms with Gasteiger partial charge < -0.3 is 10.1 Å². The molecular formula is C18H23NOS. The van der Waals surface area contributed by atoms with Crippen molar-refractivity contribution in [3.63, 3.8) is 0 Å². The summed E-state index contributed by atoms with van der Waals surface area (Å²) in [5.74, 6) is 1.71. The molecule has 2 unspecified atom stereocenters. The summed E-state index contributed by atoms with van der Waals surface area (Å²) in [5.41, 5.74) is 1.38. The number of rotatable bonds is 7. The van der Waals surface area contributed by atoms with E-state index in [1.165, 1.54) is 23.3 Å². The van der Waals surface area contributed by atoms with Crippen molar-refractivity contribution in [2.75, 3.05) is 7.11 Å². The molecule has 0 saturated heterocycles. The summed E-state index contributed by atoms with van der Waals surface area (Å²) in [7, 11) is 1.72. The van der Waals surface area contributed by atoms with E-state index >= 15 is 0 Å². The molecule has 1 aromatic carbocycles. The van der Waals surface area contributed by atoms with Crippen molar-refractivity contribution in [2.45, 2.75) is 38.3 Å². The maximum atomic E-state index is 5.27. The Kier molecular flexibility index (Phi) is 4.61. The number of methoxy groups -OCH3 is 1. The smallest absolute Gasteiger partial charge is 0.118 e. The molecule has 1 heterocycles. The fourth-order valence-corrected chi connectivity index (χ4v) is 3.72. The molecule has 0 amide bonds. The maximum Gasteiger partial charge on any atom is 0.118 e. The largest absolute Gasteiger partial charge is 0.497 e. The Morgan fingerprint density at radius 3 is 2.52 bits per heavy atom. The van der Waals surface area contributed by atoms with E-state index in [-0.39, 0.29) is 0 Å². The van der Waals surface area contributed by atoms with Crippen molar-refractivity contribution in [1.29, 1.82) is 0 Å². The minimum absolute atomic E-state index is 0.456. The second kappa shape index (κ2) is 6.63. The van der Waals surface area contributed by atoms with E-state index in [0.717, 1.165) is 18.1 Å².